The number of hydrogen-bond acceptors (Lipinski definition) is 1. The van der Waals surface area contributed by atoms with E-state index in [2.05, 4.69) is 19.1 Å². The second-order valence-corrected chi connectivity index (χ2v) is 5.41. The molecule has 0 aromatic carbocycles. The van der Waals surface area contributed by atoms with E-state index in [9.17, 15) is 4.79 Å². The summed E-state index contributed by atoms with van der Waals surface area (Å²) in [6, 6.07) is 0. The molecule has 0 spiro atoms. The molecule has 0 heterocycles. The van der Waals surface area contributed by atoms with Crippen molar-refractivity contribution >= 4 is 5.91 Å². The zero-order chi connectivity index (χ0) is 11.1. The first kappa shape index (κ1) is 10.7. The number of carbonyl (C=O) groups is 1. The monoisotopic (exact) mass is 207 g/mol. The second kappa shape index (κ2) is 3.66. The lowest BCUT2D eigenvalue weighted by Crippen LogP contribution is -2.39. The van der Waals surface area contributed by atoms with Crippen LogP contribution < -0.4 is 0 Å². The summed E-state index contributed by atoms with van der Waals surface area (Å²) in [6.45, 7) is 2.27. The maximum absolute atomic E-state index is 12.1. The first-order chi connectivity index (χ1) is 7.05. The standard InChI is InChI=1S/C13H21NO/c1-13-9-5-4-6-10(13)7-8-11(13)12(15)14(2)3/h5,9-11H,4,6-8H2,1-3H3/t10-,11+,13+/m1/s1. The van der Waals surface area contributed by atoms with Gasteiger partial charge >= 0.3 is 0 Å². The lowest BCUT2D eigenvalue weighted by molar-refractivity contribution is -0.135. The highest BCUT2D eigenvalue weighted by molar-refractivity contribution is 5.80. The predicted molar refractivity (Wildman–Crippen MR) is 61.4 cm³/mol. The summed E-state index contributed by atoms with van der Waals surface area (Å²) in [6.07, 6.45) is 9.33. The smallest absolute Gasteiger partial charge is 0.226 e. The van der Waals surface area contributed by atoms with Crippen molar-refractivity contribution in [3.63, 3.8) is 0 Å². The van der Waals surface area contributed by atoms with Gasteiger partial charge in [-0.05, 0) is 37.0 Å². The summed E-state index contributed by atoms with van der Waals surface area (Å²) in [5.74, 6) is 1.26. The zero-order valence-corrected chi connectivity index (χ0v) is 9.99. The number of allylic oxidation sites excluding steroid dienone is 2. The minimum absolute atomic E-state index is 0.138. The molecule has 15 heavy (non-hydrogen) atoms. The maximum atomic E-state index is 12.1. The van der Waals surface area contributed by atoms with Gasteiger partial charge in [-0.25, -0.2) is 0 Å². The molecule has 0 bridgehead atoms. The van der Waals surface area contributed by atoms with E-state index in [1.165, 1.54) is 19.3 Å². The van der Waals surface area contributed by atoms with Crippen molar-refractivity contribution in [1.29, 1.82) is 0 Å². The fraction of sp³-hybridized carbons (Fsp3) is 0.769. The van der Waals surface area contributed by atoms with Crippen LogP contribution in [0.4, 0.5) is 0 Å². The molecule has 2 aliphatic rings. The highest BCUT2D eigenvalue weighted by atomic mass is 16.2. The molecule has 2 nitrogen and oxygen atoms in total. The third-order valence-corrected chi connectivity index (χ3v) is 4.33. The van der Waals surface area contributed by atoms with Crippen LogP contribution >= 0.6 is 0 Å². The molecular weight excluding hydrogens is 186 g/mol. The van der Waals surface area contributed by atoms with Gasteiger partial charge in [0, 0.05) is 20.0 Å². The SMILES string of the molecule is CN(C)C(=O)[C@@H]1CC[C@H]2CCC=C[C@@]21C. The van der Waals surface area contributed by atoms with Crippen molar-refractivity contribution in [3.05, 3.63) is 12.2 Å². The topological polar surface area (TPSA) is 20.3 Å². The van der Waals surface area contributed by atoms with Crippen LogP contribution in [0.15, 0.2) is 12.2 Å². The van der Waals surface area contributed by atoms with Crippen LogP contribution in [0.2, 0.25) is 0 Å². The van der Waals surface area contributed by atoms with E-state index in [1.807, 2.05) is 14.1 Å². The Bertz CT molecular complexity index is 295. The second-order valence-electron chi connectivity index (χ2n) is 5.41. The van der Waals surface area contributed by atoms with E-state index >= 15 is 0 Å². The van der Waals surface area contributed by atoms with E-state index in [1.54, 1.807) is 4.90 Å². The van der Waals surface area contributed by atoms with Crippen molar-refractivity contribution < 1.29 is 4.79 Å². The Hall–Kier alpha value is -0.790. The third kappa shape index (κ3) is 1.60. The summed E-state index contributed by atoms with van der Waals surface area (Å²) in [4.78, 5) is 13.8. The zero-order valence-electron chi connectivity index (χ0n) is 9.99. The Kier molecular flexibility index (Phi) is 2.61. The highest BCUT2D eigenvalue weighted by Crippen LogP contribution is 2.53. The maximum Gasteiger partial charge on any atom is 0.226 e. The molecule has 0 saturated heterocycles. The Balaban J connectivity index is 2.24. The predicted octanol–water partition coefficient (Wildman–Crippen LogP) is 2.46. The molecular formula is C13H21NO. The number of rotatable bonds is 1. The van der Waals surface area contributed by atoms with E-state index in [-0.39, 0.29) is 11.3 Å². The van der Waals surface area contributed by atoms with Gasteiger partial charge in [-0.3, -0.25) is 4.79 Å². The lowest BCUT2D eigenvalue weighted by Gasteiger charge is -2.37. The molecule has 2 heteroatoms. The fourth-order valence-electron chi connectivity index (χ4n) is 3.32. The van der Waals surface area contributed by atoms with Gasteiger partial charge in [-0.1, -0.05) is 19.1 Å². The van der Waals surface area contributed by atoms with Crippen molar-refractivity contribution in [2.75, 3.05) is 14.1 Å². The summed E-state index contributed by atoms with van der Waals surface area (Å²) in [5.41, 5.74) is 0.138. The van der Waals surface area contributed by atoms with Gasteiger partial charge in [-0.2, -0.15) is 0 Å². The molecule has 1 amide bonds. The van der Waals surface area contributed by atoms with Crippen LogP contribution in [0.25, 0.3) is 0 Å². The fourth-order valence-corrected chi connectivity index (χ4v) is 3.32. The van der Waals surface area contributed by atoms with Crippen LogP contribution in [0.3, 0.4) is 0 Å². The van der Waals surface area contributed by atoms with Gasteiger partial charge in [-0.15, -0.1) is 0 Å². The third-order valence-electron chi connectivity index (χ3n) is 4.33. The molecule has 0 aromatic rings. The Morgan fingerprint density at radius 3 is 2.73 bits per heavy atom. The van der Waals surface area contributed by atoms with Crippen LogP contribution in [0.1, 0.15) is 32.6 Å². The largest absolute Gasteiger partial charge is 0.349 e. The molecule has 0 N–H and O–H groups in total. The first-order valence-corrected chi connectivity index (χ1v) is 5.94. The van der Waals surface area contributed by atoms with Crippen molar-refractivity contribution in [2.24, 2.45) is 17.3 Å². The van der Waals surface area contributed by atoms with Gasteiger partial charge in [0.15, 0.2) is 0 Å². The van der Waals surface area contributed by atoms with Crippen LogP contribution in [-0.2, 0) is 4.79 Å². The van der Waals surface area contributed by atoms with Crippen LogP contribution in [0, 0.1) is 17.3 Å². The van der Waals surface area contributed by atoms with E-state index in [0.717, 1.165) is 12.3 Å². The van der Waals surface area contributed by atoms with E-state index in [0.29, 0.717) is 5.91 Å². The molecule has 2 aliphatic carbocycles. The first-order valence-electron chi connectivity index (χ1n) is 5.94. The molecule has 0 aromatic heterocycles. The van der Waals surface area contributed by atoms with Gasteiger partial charge in [0.2, 0.25) is 5.91 Å². The number of carbonyl (C=O) groups excluding carboxylic acids is 1. The Labute approximate surface area is 92.3 Å². The molecule has 84 valence electrons. The van der Waals surface area contributed by atoms with Gasteiger partial charge in [0.1, 0.15) is 0 Å². The normalized spacial score (nSPS) is 38.9. The highest BCUT2D eigenvalue weighted by Gasteiger charge is 2.48. The molecule has 0 aliphatic heterocycles. The summed E-state index contributed by atoms with van der Waals surface area (Å²) in [5, 5.41) is 0. The Morgan fingerprint density at radius 2 is 2.07 bits per heavy atom. The van der Waals surface area contributed by atoms with Crippen molar-refractivity contribution in [1.82, 2.24) is 4.90 Å². The minimum atomic E-state index is 0.138. The van der Waals surface area contributed by atoms with E-state index < -0.39 is 0 Å². The summed E-state index contributed by atoms with van der Waals surface area (Å²) < 4.78 is 0. The van der Waals surface area contributed by atoms with E-state index in [4.69, 9.17) is 0 Å². The number of hydrogen-bond donors (Lipinski definition) is 0. The quantitative estimate of drug-likeness (QED) is 0.605. The molecule has 2 rings (SSSR count). The molecule has 1 saturated carbocycles. The average molecular weight is 207 g/mol. The number of fused-ring (bicyclic) bond motifs is 1. The van der Waals surface area contributed by atoms with Crippen molar-refractivity contribution in [3.8, 4) is 0 Å². The molecule has 0 unspecified atom stereocenters. The number of amides is 1. The molecule has 1 fully saturated rings. The van der Waals surface area contributed by atoms with Gasteiger partial charge in [0.25, 0.3) is 0 Å². The average Bonchev–Trinajstić information content (AvgIpc) is 2.53. The van der Waals surface area contributed by atoms with Crippen molar-refractivity contribution in [2.45, 2.75) is 32.6 Å². The van der Waals surface area contributed by atoms with Crippen LogP contribution in [-0.4, -0.2) is 24.9 Å². The van der Waals surface area contributed by atoms with Gasteiger partial charge < -0.3 is 4.90 Å². The molecule has 3 atom stereocenters. The molecule has 0 radical (unpaired) electrons. The minimum Gasteiger partial charge on any atom is -0.349 e. The van der Waals surface area contributed by atoms with Gasteiger partial charge in [0.05, 0.1) is 0 Å². The summed E-state index contributed by atoms with van der Waals surface area (Å²) >= 11 is 0. The van der Waals surface area contributed by atoms with Crippen LogP contribution in [0.5, 0.6) is 0 Å². The Morgan fingerprint density at radius 1 is 1.33 bits per heavy atom. The lowest BCUT2D eigenvalue weighted by atomic mass is 9.69. The number of nitrogens with zero attached hydrogens (tertiary/aromatic N) is 1. The summed E-state index contributed by atoms with van der Waals surface area (Å²) in [7, 11) is 3.73.